The van der Waals surface area contributed by atoms with Gasteiger partial charge in [-0.25, -0.2) is 52.7 Å². The van der Waals surface area contributed by atoms with Gasteiger partial charge in [0, 0.05) is 123 Å². The third kappa shape index (κ3) is 11.1. The van der Waals surface area contributed by atoms with Crippen LogP contribution in [0.3, 0.4) is 0 Å². The fourth-order valence-corrected chi connectivity index (χ4v) is 22.1. The van der Waals surface area contributed by atoms with Crippen molar-refractivity contribution in [2.24, 2.45) is 0 Å². The molecule has 9 nitrogen and oxygen atoms in total. The van der Waals surface area contributed by atoms with Crippen molar-refractivity contribution >= 4 is 213 Å². The van der Waals surface area contributed by atoms with Crippen LogP contribution >= 0.6 is 22.7 Å². The summed E-state index contributed by atoms with van der Waals surface area (Å²) in [7, 11) is 0. The van der Waals surface area contributed by atoms with Gasteiger partial charge in [0.1, 0.15) is 138 Å². The summed E-state index contributed by atoms with van der Waals surface area (Å²) in [6.07, 6.45) is 0. The molecule has 0 amide bonds. The number of ether oxygens (including phenoxy) is 3. The summed E-state index contributed by atoms with van der Waals surface area (Å²) in [5, 5.41) is 1.06. The minimum atomic E-state index is -1.40. The highest BCUT2D eigenvalue weighted by atomic mass is 32.1. The second kappa shape index (κ2) is 28.3. The Morgan fingerprint density at radius 1 is 0.190 bits per heavy atom. The highest BCUT2D eigenvalue weighted by molar-refractivity contribution is 7.34. The molecule has 0 saturated carbocycles. The Kier molecular flexibility index (Phi) is 16.8. The summed E-state index contributed by atoms with van der Waals surface area (Å²) in [5.41, 5.74) is -1.70. The molecule has 6 aliphatic rings. The van der Waals surface area contributed by atoms with Crippen molar-refractivity contribution in [1.82, 2.24) is 0 Å². The van der Waals surface area contributed by atoms with E-state index in [1.54, 1.807) is 152 Å². The van der Waals surface area contributed by atoms with E-state index < -0.39 is 124 Å². The number of rotatable bonds is 12. The molecule has 0 spiro atoms. The summed E-state index contributed by atoms with van der Waals surface area (Å²) in [6, 6.07) is 76.3. The van der Waals surface area contributed by atoms with Crippen LogP contribution in [0.2, 0.25) is 0 Å². The maximum absolute atomic E-state index is 18.4. The van der Waals surface area contributed by atoms with Crippen LogP contribution in [0.1, 0.15) is 0 Å². The summed E-state index contributed by atoms with van der Waals surface area (Å²) in [4.78, 5) is 8.16. The number of hydrogen-bond donors (Lipinski definition) is 0. The van der Waals surface area contributed by atoms with E-state index in [4.69, 9.17) is 14.2 Å². The highest BCUT2D eigenvalue weighted by Crippen LogP contribution is 2.58. The Morgan fingerprint density at radius 2 is 0.413 bits per heavy atom. The summed E-state index contributed by atoms with van der Waals surface area (Å²) in [5.74, 6) is -12.0. The molecule has 2 aromatic heterocycles. The van der Waals surface area contributed by atoms with Gasteiger partial charge in [-0.1, -0.05) is 140 Å². The van der Waals surface area contributed by atoms with Crippen LogP contribution < -0.4 is 91.4 Å². The third-order valence-electron chi connectivity index (χ3n) is 24.3. The van der Waals surface area contributed by atoms with Crippen LogP contribution in [-0.2, 0) is 0 Å². The maximum Gasteiger partial charge on any atom is 0.264 e. The van der Waals surface area contributed by atoms with E-state index >= 15 is 52.7 Å². The maximum atomic E-state index is 18.4. The fraction of sp³-hybridized carbons (Fsp3) is 0. The Labute approximate surface area is 718 Å². The molecule has 0 aliphatic carbocycles. The molecule has 0 saturated heterocycles. The van der Waals surface area contributed by atoms with Crippen LogP contribution in [-0.4, -0.2) is 20.1 Å². The molecule has 8 heterocycles. The van der Waals surface area contributed by atoms with Gasteiger partial charge in [-0.05, 0) is 172 Å². The van der Waals surface area contributed by atoms with Gasteiger partial charge in [0.05, 0.1) is 11.4 Å². The van der Waals surface area contributed by atoms with Gasteiger partial charge in [-0.2, -0.15) is 0 Å². The van der Waals surface area contributed by atoms with Crippen molar-refractivity contribution < 1.29 is 66.9 Å². The van der Waals surface area contributed by atoms with E-state index in [9.17, 15) is 0 Å². The monoisotopic (exact) mass is 1710 g/mol. The van der Waals surface area contributed by atoms with E-state index in [1.165, 1.54) is 101 Å². The molecule has 0 radical (unpaired) electrons. The zero-order chi connectivity index (χ0) is 85.1. The predicted octanol–water partition coefficient (Wildman–Crippen LogP) is 23.4. The zero-order valence-electron chi connectivity index (χ0n) is 64.9. The van der Waals surface area contributed by atoms with Crippen molar-refractivity contribution in [2.75, 3.05) is 29.4 Å². The molecule has 26 heteroatoms. The Morgan fingerprint density at radius 3 is 0.683 bits per heavy atom. The second-order valence-corrected chi connectivity index (χ2v) is 33.3. The minimum absolute atomic E-state index is 0.00303. The molecule has 16 aromatic carbocycles. The van der Waals surface area contributed by atoms with Crippen LogP contribution in [0.4, 0.5) is 155 Å². The van der Waals surface area contributed by atoms with Crippen molar-refractivity contribution in [3.05, 3.63) is 379 Å². The first kappa shape index (κ1) is 74.8. The molecular weight excluding hydrogens is 1660 g/mol. The van der Waals surface area contributed by atoms with Gasteiger partial charge in [-0.15, -0.1) is 22.7 Å². The molecule has 6 aliphatic heterocycles. The molecule has 0 fully saturated rings. The number of thiophene rings is 2. The average Bonchev–Trinajstić information content (AvgIpc) is 0.873. The first-order valence-electron chi connectivity index (χ1n) is 40.1. The van der Waals surface area contributed by atoms with Crippen molar-refractivity contribution in [3.63, 3.8) is 0 Å². The van der Waals surface area contributed by atoms with Crippen LogP contribution in [0.5, 0.6) is 34.5 Å². The minimum Gasteiger partial charge on any atom is -0.457 e. The van der Waals surface area contributed by atoms with Crippen molar-refractivity contribution in [1.29, 1.82) is 0 Å². The van der Waals surface area contributed by atoms with Gasteiger partial charge >= 0.3 is 0 Å². The molecule has 24 rings (SSSR count). The second-order valence-electron chi connectivity index (χ2n) is 31.2. The number of para-hydroxylation sites is 9. The van der Waals surface area contributed by atoms with E-state index in [0.29, 0.717) is 52.6 Å². The Balaban J connectivity index is 0.872. The molecule has 126 heavy (non-hydrogen) atoms. The molecule has 0 N–H and O–H groups in total. The standard InChI is InChI=1S/C100H51B3F12N6O3S2/c104-64-28-14-29-65(105)93(64)116-76-50-78-62(102-89-82(118(78)95-68(108)32-16-33-69(95)109)44-56(123-53-22-6-2-7-23-53)46-84(89)120(97-72(112)36-18-37-73(97)113)91-58-26-10-12-40-86(58)125-99(91)102)48-60(76)101-61-49-63-79(51-77(61)117(94-66(106)30-15-31-67(94)107)81-43-55(42-80(116)88(81)101)122-52-20-4-1-5-21-52)119(96-70(110)34-17-35-71(96)111)83-45-57(124-54-24-8-3-9-25-54)47-85-90(83)103(63)100-92(59-27-11-13-41-87(59)126-100)121(85)98-74(114)38-19-39-75(98)115/h1-51H. The van der Waals surface area contributed by atoms with E-state index in [1.807, 2.05) is 36.4 Å². The number of anilines is 18. The average molecular weight is 1710 g/mol. The number of nitrogens with zero attached hydrogens (tertiary/aromatic N) is 6. The van der Waals surface area contributed by atoms with Crippen LogP contribution in [0, 0.1) is 69.8 Å². The van der Waals surface area contributed by atoms with Gasteiger partial charge in [0.25, 0.3) is 20.1 Å². The SMILES string of the molecule is Fc1cccc(F)c1N1c2cc3c(cc2B2c4cc5c(cc4N(c4c(F)cccc4F)c4cc(Oc6ccccc6)cc1c42)N(c1c(F)cccc1F)c1cc(Oc2ccccc2)cc2c1B5c1sc4ccccc4c1N2c1c(F)cccc1F)B1c2sc4ccccc4c2N(c2c(F)cccc2F)c2cc(Oc4ccccc4)cc(c21)N3c1c(F)cccc1F. The Bertz CT molecular complexity index is 7200. The van der Waals surface area contributed by atoms with E-state index in [0.717, 1.165) is 72.8 Å². The predicted molar refractivity (Wildman–Crippen MR) is 478 cm³/mol. The number of halogens is 12. The first-order chi connectivity index (χ1) is 61.5. The third-order valence-corrected chi connectivity index (χ3v) is 26.7. The normalized spacial score (nSPS) is 13.4. The van der Waals surface area contributed by atoms with E-state index in [-0.39, 0.29) is 118 Å². The molecule has 18 aromatic rings. The molecule has 604 valence electrons. The molecule has 0 atom stereocenters. The van der Waals surface area contributed by atoms with Gasteiger partial charge in [0.2, 0.25) is 0 Å². The molecule has 0 bridgehead atoms. The highest BCUT2D eigenvalue weighted by Gasteiger charge is 2.55. The number of benzene rings is 16. The lowest BCUT2D eigenvalue weighted by Crippen LogP contribution is -2.66. The first-order valence-corrected chi connectivity index (χ1v) is 41.7. The topological polar surface area (TPSA) is 47.1 Å². The summed E-state index contributed by atoms with van der Waals surface area (Å²) in [6.45, 7) is -3.69. The van der Waals surface area contributed by atoms with Crippen LogP contribution in [0.15, 0.2) is 309 Å². The van der Waals surface area contributed by atoms with Crippen molar-refractivity contribution in [3.8, 4) is 34.5 Å². The van der Waals surface area contributed by atoms with Crippen LogP contribution in [0.25, 0.3) is 20.2 Å². The van der Waals surface area contributed by atoms with Gasteiger partial charge < -0.3 is 43.6 Å². The molecule has 0 unspecified atom stereocenters. The fourth-order valence-electron chi connectivity index (χ4n) is 19.5. The smallest absolute Gasteiger partial charge is 0.264 e. The zero-order valence-corrected chi connectivity index (χ0v) is 66.6. The quantitative estimate of drug-likeness (QED) is 0.0879. The number of fused-ring (bicyclic) bond motifs is 16. The lowest BCUT2D eigenvalue weighted by molar-refractivity contribution is 0.482. The van der Waals surface area contributed by atoms with Gasteiger partial charge in [-0.3, -0.25) is 0 Å². The van der Waals surface area contributed by atoms with Gasteiger partial charge in [0.15, 0.2) is 0 Å². The van der Waals surface area contributed by atoms with Crippen molar-refractivity contribution in [2.45, 2.75) is 0 Å². The lowest BCUT2D eigenvalue weighted by Gasteiger charge is -2.48. The molecular formula is C100H51B3F12N6O3S2. The summed E-state index contributed by atoms with van der Waals surface area (Å²) >= 11 is 2.56. The number of hydrogen-bond acceptors (Lipinski definition) is 11. The lowest BCUT2D eigenvalue weighted by atomic mass is 9.30. The van der Waals surface area contributed by atoms with E-state index in [2.05, 4.69) is 0 Å². The summed E-state index contributed by atoms with van der Waals surface area (Å²) < 4.78 is 239. The largest absolute Gasteiger partial charge is 0.457 e. The Hall–Kier alpha value is -15.0.